The molecule has 1 fully saturated rings. The van der Waals surface area contributed by atoms with E-state index in [1.54, 1.807) is 4.90 Å². The van der Waals surface area contributed by atoms with Crippen LogP contribution in [0.3, 0.4) is 0 Å². The number of aryl methyl sites for hydroxylation is 2. The van der Waals surface area contributed by atoms with Crippen molar-refractivity contribution in [2.24, 2.45) is 0 Å². The molecule has 1 N–H and O–H groups in total. The van der Waals surface area contributed by atoms with E-state index in [-0.39, 0.29) is 11.8 Å². The second-order valence-electron chi connectivity index (χ2n) is 5.54. The number of aromatic nitrogens is 1. The predicted octanol–water partition coefficient (Wildman–Crippen LogP) is 2.11. The molecule has 0 spiro atoms. The fourth-order valence-corrected chi connectivity index (χ4v) is 2.84. The summed E-state index contributed by atoms with van der Waals surface area (Å²) in [6.07, 6.45) is 2.10. The fourth-order valence-electron chi connectivity index (χ4n) is 2.84. The summed E-state index contributed by atoms with van der Waals surface area (Å²) in [5.74, 6) is -0.104. The van der Waals surface area contributed by atoms with Crippen LogP contribution in [0.5, 0.6) is 0 Å². The Morgan fingerprint density at radius 3 is 2.52 bits per heavy atom. The Hall–Kier alpha value is -1.91. The van der Waals surface area contributed by atoms with Crippen LogP contribution in [0.15, 0.2) is 12.1 Å². The molecule has 0 aliphatic carbocycles. The first-order valence-corrected chi connectivity index (χ1v) is 7.57. The zero-order valence-electron chi connectivity index (χ0n) is 13.1. The van der Waals surface area contributed by atoms with Gasteiger partial charge in [0, 0.05) is 5.69 Å². The van der Waals surface area contributed by atoms with Crippen molar-refractivity contribution in [2.75, 3.05) is 4.90 Å². The van der Waals surface area contributed by atoms with Crippen LogP contribution in [-0.2, 0) is 9.59 Å². The molecule has 114 valence electrons. The Bertz CT molecular complexity index is 556. The predicted molar refractivity (Wildman–Crippen MR) is 82.1 cm³/mol. The monoisotopic (exact) mass is 289 g/mol. The number of amides is 2. The molecule has 21 heavy (non-hydrogen) atoms. The maximum absolute atomic E-state index is 12.8. The molecule has 0 saturated carbocycles. The van der Waals surface area contributed by atoms with Crippen molar-refractivity contribution < 1.29 is 9.59 Å². The molecule has 0 radical (unpaired) electrons. The number of rotatable bonds is 4. The van der Waals surface area contributed by atoms with E-state index in [2.05, 4.69) is 10.3 Å². The average Bonchev–Trinajstić information content (AvgIpc) is 2.43. The molecule has 2 unspecified atom stereocenters. The molecular formula is C16H23N3O2. The third kappa shape index (κ3) is 2.91. The van der Waals surface area contributed by atoms with Crippen molar-refractivity contribution in [1.82, 2.24) is 10.3 Å². The topological polar surface area (TPSA) is 62.3 Å². The van der Waals surface area contributed by atoms with E-state index >= 15 is 0 Å². The first kappa shape index (κ1) is 15.5. The summed E-state index contributed by atoms with van der Waals surface area (Å²) in [4.78, 5) is 31.1. The third-order valence-electron chi connectivity index (χ3n) is 3.89. The highest BCUT2D eigenvalue weighted by atomic mass is 16.2. The minimum Gasteiger partial charge on any atom is -0.342 e. The molecule has 1 aromatic heterocycles. The van der Waals surface area contributed by atoms with Gasteiger partial charge < -0.3 is 5.32 Å². The summed E-state index contributed by atoms with van der Waals surface area (Å²) in [5, 5.41) is 2.85. The van der Waals surface area contributed by atoms with Crippen LogP contribution in [0.1, 0.15) is 44.5 Å². The first-order valence-electron chi connectivity index (χ1n) is 7.57. The van der Waals surface area contributed by atoms with Crippen molar-refractivity contribution in [1.29, 1.82) is 0 Å². The number of hydrogen-bond acceptors (Lipinski definition) is 3. The van der Waals surface area contributed by atoms with Gasteiger partial charge in [-0.3, -0.25) is 19.5 Å². The Morgan fingerprint density at radius 1 is 1.24 bits per heavy atom. The largest absolute Gasteiger partial charge is 0.342 e. The molecule has 2 rings (SSSR count). The second kappa shape index (κ2) is 6.24. The Kier molecular flexibility index (Phi) is 4.60. The summed E-state index contributed by atoms with van der Waals surface area (Å²) >= 11 is 0. The number of nitrogens with zero attached hydrogens (tertiary/aromatic N) is 2. The quantitative estimate of drug-likeness (QED) is 0.923. The van der Waals surface area contributed by atoms with Gasteiger partial charge in [0.25, 0.3) is 0 Å². The van der Waals surface area contributed by atoms with E-state index in [1.807, 2.05) is 39.8 Å². The highest BCUT2D eigenvalue weighted by molar-refractivity contribution is 6.08. The maximum Gasteiger partial charge on any atom is 0.250 e. The van der Waals surface area contributed by atoms with Gasteiger partial charge in [-0.1, -0.05) is 20.3 Å². The molecule has 1 aliphatic heterocycles. The molecule has 2 atom stereocenters. The molecule has 1 aliphatic rings. The summed E-state index contributed by atoms with van der Waals surface area (Å²) in [6, 6.07) is 2.89. The van der Waals surface area contributed by atoms with Crippen LogP contribution in [-0.4, -0.2) is 28.9 Å². The third-order valence-corrected chi connectivity index (χ3v) is 3.89. The molecule has 5 heteroatoms. The Labute approximate surface area is 125 Å². The standard InChI is InChI=1S/C16H23N3O2/c1-5-7-12-16(21)19(13(6-2)15(20)18-12)14-9-8-10(3)17-11(14)4/h8-9,12-13H,5-7H2,1-4H3,(H,18,20). The van der Waals surface area contributed by atoms with Crippen LogP contribution in [0.2, 0.25) is 0 Å². The van der Waals surface area contributed by atoms with Gasteiger partial charge in [0.05, 0.1) is 11.4 Å². The van der Waals surface area contributed by atoms with E-state index in [4.69, 9.17) is 0 Å². The molecule has 1 aromatic rings. The van der Waals surface area contributed by atoms with Crippen LogP contribution in [0, 0.1) is 13.8 Å². The second-order valence-corrected chi connectivity index (χ2v) is 5.54. The number of carbonyl (C=O) groups is 2. The van der Waals surface area contributed by atoms with Crippen molar-refractivity contribution >= 4 is 17.5 Å². The molecule has 0 aromatic carbocycles. The van der Waals surface area contributed by atoms with Gasteiger partial charge in [-0.15, -0.1) is 0 Å². The van der Waals surface area contributed by atoms with E-state index in [1.165, 1.54) is 0 Å². The minimum atomic E-state index is -0.450. The van der Waals surface area contributed by atoms with Gasteiger partial charge in [0.1, 0.15) is 12.1 Å². The van der Waals surface area contributed by atoms with Gasteiger partial charge in [0.2, 0.25) is 11.8 Å². The smallest absolute Gasteiger partial charge is 0.250 e. The van der Waals surface area contributed by atoms with Crippen molar-refractivity contribution in [3.8, 4) is 0 Å². The van der Waals surface area contributed by atoms with Gasteiger partial charge >= 0.3 is 0 Å². The SMILES string of the molecule is CCCC1NC(=O)C(CC)N(c2ccc(C)nc2C)C1=O. The minimum absolute atomic E-state index is 0.0305. The fraction of sp³-hybridized carbons (Fsp3) is 0.562. The summed E-state index contributed by atoms with van der Waals surface area (Å²) in [5.41, 5.74) is 2.43. The lowest BCUT2D eigenvalue weighted by atomic mass is 10.0. The van der Waals surface area contributed by atoms with E-state index in [9.17, 15) is 9.59 Å². The van der Waals surface area contributed by atoms with E-state index < -0.39 is 12.1 Å². The Balaban J connectivity index is 2.44. The van der Waals surface area contributed by atoms with Crippen LogP contribution >= 0.6 is 0 Å². The average molecular weight is 289 g/mol. The number of carbonyl (C=O) groups excluding carboxylic acids is 2. The number of hydrogen-bond donors (Lipinski definition) is 1. The van der Waals surface area contributed by atoms with Crippen molar-refractivity contribution in [3.05, 3.63) is 23.5 Å². The van der Waals surface area contributed by atoms with Gasteiger partial charge in [0.15, 0.2) is 0 Å². The van der Waals surface area contributed by atoms with Gasteiger partial charge in [-0.2, -0.15) is 0 Å². The van der Waals surface area contributed by atoms with E-state index in [0.29, 0.717) is 12.8 Å². The van der Waals surface area contributed by atoms with Crippen molar-refractivity contribution in [2.45, 2.75) is 59.0 Å². The van der Waals surface area contributed by atoms with Crippen LogP contribution in [0.25, 0.3) is 0 Å². The number of anilines is 1. The zero-order valence-corrected chi connectivity index (χ0v) is 13.1. The molecule has 1 saturated heterocycles. The lowest BCUT2D eigenvalue weighted by Crippen LogP contribution is -2.63. The molecular weight excluding hydrogens is 266 g/mol. The number of piperazine rings is 1. The first-order chi connectivity index (χ1) is 9.99. The highest BCUT2D eigenvalue weighted by Crippen LogP contribution is 2.26. The normalized spacial score (nSPS) is 22.4. The summed E-state index contributed by atoms with van der Waals surface area (Å²) < 4.78 is 0. The van der Waals surface area contributed by atoms with Crippen LogP contribution < -0.4 is 10.2 Å². The van der Waals surface area contributed by atoms with Crippen LogP contribution in [0.4, 0.5) is 5.69 Å². The Morgan fingerprint density at radius 2 is 1.95 bits per heavy atom. The lowest BCUT2D eigenvalue weighted by Gasteiger charge is -2.39. The maximum atomic E-state index is 12.8. The van der Waals surface area contributed by atoms with Crippen molar-refractivity contribution in [3.63, 3.8) is 0 Å². The lowest BCUT2D eigenvalue weighted by molar-refractivity contribution is -0.134. The zero-order chi connectivity index (χ0) is 15.6. The molecule has 2 heterocycles. The van der Waals surface area contributed by atoms with E-state index in [0.717, 1.165) is 23.5 Å². The summed E-state index contributed by atoms with van der Waals surface area (Å²) in [7, 11) is 0. The summed E-state index contributed by atoms with van der Waals surface area (Å²) in [6.45, 7) is 7.72. The molecule has 5 nitrogen and oxygen atoms in total. The number of nitrogens with one attached hydrogen (secondary N) is 1. The highest BCUT2D eigenvalue weighted by Gasteiger charge is 2.40. The number of pyridine rings is 1. The van der Waals surface area contributed by atoms with Gasteiger partial charge in [-0.05, 0) is 38.8 Å². The molecule has 2 amide bonds. The van der Waals surface area contributed by atoms with Gasteiger partial charge in [-0.25, -0.2) is 0 Å². The molecule has 0 bridgehead atoms.